The summed E-state index contributed by atoms with van der Waals surface area (Å²) in [5.74, 6) is -0.169. The maximum Gasteiger partial charge on any atom is 0.295 e. The third-order valence-corrected chi connectivity index (χ3v) is 5.46. The summed E-state index contributed by atoms with van der Waals surface area (Å²) in [5.41, 5.74) is 0.761. The number of benzene rings is 2. The smallest absolute Gasteiger partial charge is 0.295 e. The van der Waals surface area contributed by atoms with Crippen LogP contribution in [0.15, 0.2) is 42.0 Å². The molecule has 3 rings (SSSR count). The van der Waals surface area contributed by atoms with Gasteiger partial charge in [-0.25, -0.2) is 0 Å². The molecule has 1 amide bonds. The van der Waals surface area contributed by atoms with Gasteiger partial charge in [0.1, 0.15) is 17.3 Å². The Labute approximate surface area is 192 Å². The van der Waals surface area contributed by atoms with Crippen molar-refractivity contribution in [3.63, 3.8) is 0 Å². The number of hydrogen-bond acceptors (Lipinski definition) is 8. The minimum absolute atomic E-state index is 0.0632. The Bertz CT molecular complexity index is 1080. The minimum Gasteiger partial charge on any atom is -0.507 e. The minimum atomic E-state index is -0.869. The maximum absolute atomic E-state index is 13.1. The van der Waals surface area contributed by atoms with E-state index in [-0.39, 0.29) is 30.0 Å². The van der Waals surface area contributed by atoms with Crippen molar-refractivity contribution < 1.29 is 38.4 Å². The molecule has 9 heteroatoms. The molecule has 1 unspecified atom stereocenters. The van der Waals surface area contributed by atoms with Crippen LogP contribution in [0.25, 0.3) is 5.76 Å². The van der Waals surface area contributed by atoms with Gasteiger partial charge >= 0.3 is 0 Å². The summed E-state index contributed by atoms with van der Waals surface area (Å²) >= 11 is 0. The number of Topliss-reactive ketones (excluding diaryl/α,β-unsaturated/α-hetero) is 1. The summed E-state index contributed by atoms with van der Waals surface area (Å²) in [6.45, 7) is 0.360. The highest BCUT2D eigenvalue weighted by atomic mass is 16.5. The van der Waals surface area contributed by atoms with Crippen LogP contribution >= 0.6 is 0 Å². The van der Waals surface area contributed by atoms with Crippen LogP contribution in [0.2, 0.25) is 0 Å². The van der Waals surface area contributed by atoms with Crippen LogP contribution in [0.5, 0.6) is 23.0 Å². The van der Waals surface area contributed by atoms with Crippen LogP contribution in [0, 0.1) is 0 Å². The van der Waals surface area contributed by atoms with E-state index < -0.39 is 17.7 Å². The first-order valence-electron chi connectivity index (χ1n) is 10.1. The van der Waals surface area contributed by atoms with E-state index in [9.17, 15) is 14.7 Å². The zero-order valence-corrected chi connectivity index (χ0v) is 19.2. The van der Waals surface area contributed by atoms with Gasteiger partial charge in [0.25, 0.3) is 11.7 Å². The molecular weight excluding hydrogens is 430 g/mol. The van der Waals surface area contributed by atoms with Crippen molar-refractivity contribution in [1.82, 2.24) is 4.90 Å². The molecule has 0 aliphatic carbocycles. The fraction of sp³-hybridized carbons (Fsp3) is 0.333. The molecular formula is C24H27NO8. The molecule has 1 aliphatic rings. The van der Waals surface area contributed by atoms with Gasteiger partial charge in [0, 0.05) is 19.7 Å². The lowest BCUT2D eigenvalue weighted by Gasteiger charge is -2.25. The van der Waals surface area contributed by atoms with E-state index in [4.69, 9.17) is 23.7 Å². The number of methoxy groups -OCH3 is 5. The zero-order valence-electron chi connectivity index (χ0n) is 19.2. The third-order valence-electron chi connectivity index (χ3n) is 5.46. The second-order valence-electron chi connectivity index (χ2n) is 7.17. The lowest BCUT2D eigenvalue weighted by atomic mass is 9.94. The maximum atomic E-state index is 13.1. The molecule has 9 nitrogen and oxygen atoms in total. The predicted octanol–water partition coefficient (Wildman–Crippen LogP) is 2.79. The molecule has 1 fully saturated rings. The lowest BCUT2D eigenvalue weighted by molar-refractivity contribution is -0.140. The van der Waals surface area contributed by atoms with E-state index >= 15 is 0 Å². The van der Waals surface area contributed by atoms with Gasteiger partial charge in [0.2, 0.25) is 0 Å². The van der Waals surface area contributed by atoms with Crippen molar-refractivity contribution in [2.75, 3.05) is 48.7 Å². The number of rotatable bonds is 9. The highest BCUT2D eigenvalue weighted by Crippen LogP contribution is 2.43. The summed E-state index contributed by atoms with van der Waals surface area (Å²) in [4.78, 5) is 27.4. The number of aliphatic hydroxyl groups is 1. The zero-order chi connectivity index (χ0) is 24.1. The first kappa shape index (κ1) is 23.9. The van der Waals surface area contributed by atoms with Crippen LogP contribution in [-0.4, -0.2) is 70.4 Å². The molecule has 2 aromatic rings. The van der Waals surface area contributed by atoms with Crippen molar-refractivity contribution in [2.45, 2.75) is 6.04 Å². The molecule has 0 spiro atoms. The fourth-order valence-electron chi connectivity index (χ4n) is 3.81. The van der Waals surface area contributed by atoms with Crippen molar-refractivity contribution in [1.29, 1.82) is 0 Å². The van der Waals surface area contributed by atoms with Gasteiger partial charge in [-0.1, -0.05) is 6.07 Å². The highest BCUT2D eigenvalue weighted by Gasteiger charge is 2.46. The first-order valence-corrected chi connectivity index (χ1v) is 10.1. The molecule has 33 heavy (non-hydrogen) atoms. The van der Waals surface area contributed by atoms with Crippen molar-refractivity contribution >= 4 is 17.4 Å². The van der Waals surface area contributed by atoms with Crippen LogP contribution in [-0.2, 0) is 14.3 Å². The molecule has 1 N–H and O–H groups in total. The molecule has 2 aromatic carbocycles. The molecule has 176 valence electrons. The average Bonchev–Trinajstić information content (AvgIpc) is 3.10. The fourth-order valence-corrected chi connectivity index (χ4v) is 3.81. The topological polar surface area (TPSA) is 104 Å². The number of hydrogen-bond donors (Lipinski definition) is 1. The van der Waals surface area contributed by atoms with E-state index in [1.807, 2.05) is 0 Å². The Hall–Kier alpha value is -3.72. The van der Waals surface area contributed by atoms with Crippen molar-refractivity contribution in [2.24, 2.45) is 0 Å². The van der Waals surface area contributed by atoms with Crippen molar-refractivity contribution in [3.05, 3.63) is 53.1 Å². The van der Waals surface area contributed by atoms with E-state index in [1.54, 1.807) is 36.4 Å². The van der Waals surface area contributed by atoms with Crippen LogP contribution in [0.1, 0.15) is 17.2 Å². The van der Waals surface area contributed by atoms with Gasteiger partial charge in [-0.05, 0) is 29.8 Å². The number of ether oxygens (including phenoxy) is 5. The van der Waals surface area contributed by atoms with Gasteiger partial charge in [-0.3, -0.25) is 9.59 Å². The van der Waals surface area contributed by atoms with Crippen LogP contribution < -0.4 is 18.9 Å². The normalized spacial score (nSPS) is 17.2. The summed E-state index contributed by atoms with van der Waals surface area (Å²) in [5, 5.41) is 11.3. The molecule has 0 saturated carbocycles. The van der Waals surface area contributed by atoms with Crippen molar-refractivity contribution in [3.8, 4) is 23.0 Å². The predicted molar refractivity (Wildman–Crippen MR) is 120 cm³/mol. The number of carbonyl (C=O) groups is 2. The van der Waals surface area contributed by atoms with Crippen LogP contribution in [0.4, 0.5) is 0 Å². The number of nitrogens with zero attached hydrogens (tertiary/aromatic N) is 1. The van der Waals surface area contributed by atoms with Gasteiger partial charge in [0.05, 0.1) is 52.2 Å². The second-order valence-corrected chi connectivity index (χ2v) is 7.17. The van der Waals surface area contributed by atoms with E-state index in [2.05, 4.69) is 0 Å². The van der Waals surface area contributed by atoms with Gasteiger partial charge in [-0.2, -0.15) is 0 Å². The highest BCUT2D eigenvalue weighted by molar-refractivity contribution is 6.46. The first-order chi connectivity index (χ1) is 15.9. The Kier molecular flexibility index (Phi) is 7.44. The SMILES string of the molecule is COCCN1C(=O)C(=O)/C(=C(/O)c2ccc(OC)cc2OC)C1c1ccc(OC)c(OC)c1. The Balaban J connectivity index is 2.23. The van der Waals surface area contributed by atoms with Gasteiger partial charge < -0.3 is 33.7 Å². The van der Waals surface area contributed by atoms with E-state index in [0.717, 1.165) is 0 Å². The number of aliphatic hydroxyl groups excluding tert-OH is 1. The average molecular weight is 457 g/mol. The monoisotopic (exact) mass is 457 g/mol. The molecule has 0 bridgehead atoms. The quantitative estimate of drug-likeness (QED) is 0.348. The van der Waals surface area contributed by atoms with Gasteiger partial charge in [0.15, 0.2) is 11.5 Å². The Morgan fingerprint density at radius 2 is 1.58 bits per heavy atom. The summed E-state index contributed by atoms with van der Waals surface area (Å²) in [6, 6.07) is 8.99. The molecule has 1 heterocycles. The lowest BCUT2D eigenvalue weighted by Crippen LogP contribution is -2.32. The van der Waals surface area contributed by atoms with E-state index in [0.29, 0.717) is 28.6 Å². The molecule has 0 aromatic heterocycles. The van der Waals surface area contributed by atoms with E-state index in [1.165, 1.54) is 40.4 Å². The number of ketones is 1. The second kappa shape index (κ2) is 10.3. The Morgan fingerprint density at radius 3 is 2.18 bits per heavy atom. The largest absolute Gasteiger partial charge is 0.507 e. The Morgan fingerprint density at radius 1 is 0.879 bits per heavy atom. The summed E-state index contributed by atoms with van der Waals surface area (Å²) < 4.78 is 26.4. The third kappa shape index (κ3) is 4.45. The standard InChI is InChI=1S/C24H27NO8/c1-29-11-10-25-21(14-6-9-17(31-3)19(12-14)33-5)20(23(27)24(25)28)22(26)16-8-7-15(30-2)13-18(16)32-4/h6-9,12-13,21,26H,10-11H2,1-5H3/b22-20+. The molecule has 1 saturated heterocycles. The van der Waals surface area contributed by atoms with Gasteiger partial charge in [-0.15, -0.1) is 0 Å². The molecule has 1 atom stereocenters. The summed E-state index contributed by atoms with van der Waals surface area (Å²) in [7, 11) is 7.45. The molecule has 0 radical (unpaired) electrons. The van der Waals surface area contributed by atoms with Crippen LogP contribution in [0.3, 0.4) is 0 Å². The molecule has 1 aliphatic heterocycles. The number of carbonyl (C=O) groups excluding carboxylic acids is 2. The summed E-state index contributed by atoms with van der Waals surface area (Å²) in [6.07, 6.45) is 0. The number of amides is 1. The number of likely N-dealkylation sites (tertiary alicyclic amines) is 1.